The molecule has 0 fully saturated rings. The van der Waals surface area contributed by atoms with Gasteiger partial charge in [0.05, 0.1) is 5.56 Å². The van der Waals surface area contributed by atoms with E-state index >= 15 is 0 Å². The second-order valence-electron chi connectivity index (χ2n) is 3.67. The minimum atomic E-state index is -4.52. The Morgan fingerprint density at radius 3 is 2.41 bits per heavy atom. The third-order valence-electron chi connectivity index (χ3n) is 2.50. The van der Waals surface area contributed by atoms with Gasteiger partial charge < -0.3 is 0 Å². The number of rotatable bonds is 1. The maximum Gasteiger partial charge on any atom is 0.295 e. The van der Waals surface area contributed by atoms with E-state index in [1.807, 2.05) is 0 Å². The molecule has 0 unspecified atom stereocenters. The molecular formula is C11H8O5S. The van der Waals surface area contributed by atoms with Crippen LogP contribution in [0.15, 0.2) is 34.7 Å². The number of allylic oxidation sites excluding steroid dienone is 2. The highest BCUT2D eigenvalue weighted by molar-refractivity contribution is 7.86. The molecule has 0 saturated heterocycles. The zero-order valence-electron chi connectivity index (χ0n) is 8.80. The largest absolute Gasteiger partial charge is 0.295 e. The van der Waals surface area contributed by atoms with Crippen LogP contribution in [-0.2, 0) is 10.1 Å². The number of carbonyl (C=O) groups is 2. The summed E-state index contributed by atoms with van der Waals surface area (Å²) in [6.45, 7) is 1.42. The Bertz CT molecular complexity index is 667. The van der Waals surface area contributed by atoms with Gasteiger partial charge in [-0.3, -0.25) is 14.1 Å². The van der Waals surface area contributed by atoms with E-state index in [4.69, 9.17) is 4.55 Å². The number of hydrogen-bond acceptors (Lipinski definition) is 4. The molecule has 1 aromatic rings. The fraction of sp³-hybridized carbons (Fsp3) is 0.0909. The van der Waals surface area contributed by atoms with Gasteiger partial charge in [0.25, 0.3) is 10.1 Å². The third-order valence-corrected chi connectivity index (χ3v) is 3.40. The van der Waals surface area contributed by atoms with Gasteiger partial charge in [0.1, 0.15) is 4.90 Å². The first-order valence-corrected chi connectivity index (χ1v) is 6.14. The van der Waals surface area contributed by atoms with Gasteiger partial charge in [-0.25, -0.2) is 0 Å². The van der Waals surface area contributed by atoms with Crippen molar-refractivity contribution < 1.29 is 22.6 Å². The van der Waals surface area contributed by atoms with Crippen molar-refractivity contribution in [1.82, 2.24) is 0 Å². The van der Waals surface area contributed by atoms with Crippen LogP contribution >= 0.6 is 0 Å². The van der Waals surface area contributed by atoms with Crippen molar-refractivity contribution in [3.8, 4) is 0 Å². The van der Waals surface area contributed by atoms with Crippen LogP contribution in [0.25, 0.3) is 0 Å². The molecule has 0 spiro atoms. The van der Waals surface area contributed by atoms with Crippen molar-refractivity contribution in [2.75, 3.05) is 0 Å². The van der Waals surface area contributed by atoms with Crippen LogP contribution in [0, 0.1) is 0 Å². The number of fused-ring (bicyclic) bond motifs is 1. The Morgan fingerprint density at radius 2 is 1.82 bits per heavy atom. The quantitative estimate of drug-likeness (QED) is 0.760. The maximum absolute atomic E-state index is 11.8. The first-order chi connectivity index (χ1) is 7.82. The Labute approximate surface area is 97.5 Å². The number of benzene rings is 1. The molecule has 0 aromatic heterocycles. The smallest absolute Gasteiger partial charge is 0.289 e. The SMILES string of the molecule is CC1=CC(=O)c2cccc(S(=O)(=O)O)c2C1=O. The lowest BCUT2D eigenvalue weighted by Gasteiger charge is -2.14. The molecule has 6 heteroatoms. The Kier molecular flexibility index (Phi) is 2.48. The van der Waals surface area contributed by atoms with E-state index in [1.165, 1.54) is 19.1 Å². The Balaban J connectivity index is 2.86. The van der Waals surface area contributed by atoms with Crippen LogP contribution in [0.2, 0.25) is 0 Å². The molecule has 17 heavy (non-hydrogen) atoms. The maximum atomic E-state index is 11.8. The zero-order chi connectivity index (χ0) is 12.8. The number of hydrogen-bond donors (Lipinski definition) is 1. The lowest BCUT2D eigenvalue weighted by Crippen LogP contribution is -2.19. The van der Waals surface area contributed by atoms with Crippen molar-refractivity contribution >= 4 is 21.7 Å². The molecule has 0 heterocycles. The van der Waals surface area contributed by atoms with E-state index in [1.54, 1.807) is 0 Å². The van der Waals surface area contributed by atoms with Gasteiger partial charge in [-0.1, -0.05) is 12.1 Å². The van der Waals surface area contributed by atoms with Gasteiger partial charge >= 0.3 is 0 Å². The molecule has 0 atom stereocenters. The average Bonchev–Trinajstić information content (AvgIpc) is 2.24. The summed E-state index contributed by atoms with van der Waals surface area (Å²) in [6, 6.07) is 3.76. The molecule has 0 aliphatic heterocycles. The van der Waals surface area contributed by atoms with E-state index in [0.717, 1.165) is 12.1 Å². The van der Waals surface area contributed by atoms with Crippen LogP contribution in [0.1, 0.15) is 27.6 Å². The normalized spacial score (nSPS) is 15.5. The lowest BCUT2D eigenvalue weighted by atomic mass is 9.90. The van der Waals surface area contributed by atoms with Crippen molar-refractivity contribution in [1.29, 1.82) is 0 Å². The summed E-state index contributed by atoms with van der Waals surface area (Å²) in [5.74, 6) is -1.00. The van der Waals surface area contributed by atoms with Gasteiger partial charge in [-0.15, -0.1) is 0 Å². The van der Waals surface area contributed by atoms with Gasteiger partial charge in [-0.2, -0.15) is 8.42 Å². The molecule has 0 radical (unpaired) electrons. The summed E-state index contributed by atoms with van der Waals surface area (Å²) in [5.41, 5.74) is -0.102. The highest BCUT2D eigenvalue weighted by Crippen LogP contribution is 2.27. The molecule has 1 aliphatic rings. The van der Waals surface area contributed by atoms with Crippen molar-refractivity contribution in [2.24, 2.45) is 0 Å². The van der Waals surface area contributed by atoms with Gasteiger partial charge in [-0.05, 0) is 19.1 Å². The summed E-state index contributed by atoms with van der Waals surface area (Å²) in [6.07, 6.45) is 1.15. The predicted octanol–water partition coefficient (Wildman–Crippen LogP) is 1.26. The monoisotopic (exact) mass is 252 g/mol. The van der Waals surface area contributed by atoms with Gasteiger partial charge in [0.2, 0.25) is 0 Å². The molecule has 88 valence electrons. The van der Waals surface area contributed by atoms with Crippen molar-refractivity contribution in [3.05, 3.63) is 41.0 Å². The first-order valence-electron chi connectivity index (χ1n) is 4.70. The van der Waals surface area contributed by atoms with E-state index < -0.39 is 26.6 Å². The van der Waals surface area contributed by atoms with E-state index in [-0.39, 0.29) is 16.7 Å². The standard InChI is InChI=1S/C11H8O5S/c1-6-5-8(12)7-3-2-4-9(17(14,15)16)10(7)11(6)13/h2-5H,1H3,(H,14,15,16). The molecule has 0 bridgehead atoms. The van der Waals surface area contributed by atoms with Crippen LogP contribution in [0.3, 0.4) is 0 Å². The number of ketones is 2. The van der Waals surface area contributed by atoms with E-state index in [2.05, 4.69) is 0 Å². The van der Waals surface area contributed by atoms with Crippen LogP contribution in [-0.4, -0.2) is 24.5 Å². The molecule has 1 N–H and O–H groups in total. The fourth-order valence-electron chi connectivity index (χ4n) is 1.72. The molecular weight excluding hydrogens is 244 g/mol. The number of carbonyl (C=O) groups excluding carboxylic acids is 2. The first kappa shape index (κ1) is 11.7. The molecule has 2 rings (SSSR count). The van der Waals surface area contributed by atoms with E-state index in [0.29, 0.717) is 0 Å². The summed E-state index contributed by atoms with van der Waals surface area (Å²) in [7, 11) is -4.52. The van der Waals surface area contributed by atoms with Crippen LogP contribution in [0.4, 0.5) is 0 Å². The zero-order valence-corrected chi connectivity index (χ0v) is 9.61. The molecule has 1 aromatic carbocycles. The van der Waals surface area contributed by atoms with Crippen molar-refractivity contribution in [3.63, 3.8) is 0 Å². The highest BCUT2D eigenvalue weighted by Gasteiger charge is 2.29. The molecule has 0 amide bonds. The molecule has 0 saturated carbocycles. The van der Waals surface area contributed by atoms with Crippen molar-refractivity contribution in [2.45, 2.75) is 11.8 Å². The predicted molar refractivity (Wildman–Crippen MR) is 58.7 cm³/mol. The van der Waals surface area contributed by atoms with Gasteiger partial charge in [0.15, 0.2) is 11.6 Å². The van der Waals surface area contributed by atoms with Crippen LogP contribution in [0.5, 0.6) is 0 Å². The van der Waals surface area contributed by atoms with E-state index in [9.17, 15) is 18.0 Å². The summed E-state index contributed by atoms with van der Waals surface area (Å²) in [5, 5.41) is 0. The fourth-order valence-corrected chi connectivity index (χ4v) is 2.43. The summed E-state index contributed by atoms with van der Waals surface area (Å²) < 4.78 is 31.3. The summed E-state index contributed by atoms with van der Waals surface area (Å²) in [4.78, 5) is 22.9. The third kappa shape index (κ3) is 1.81. The lowest BCUT2D eigenvalue weighted by molar-refractivity contribution is 0.0982. The summed E-state index contributed by atoms with van der Waals surface area (Å²) >= 11 is 0. The highest BCUT2D eigenvalue weighted by atomic mass is 32.2. The molecule has 1 aliphatic carbocycles. The molecule has 5 nitrogen and oxygen atoms in total. The second kappa shape index (κ2) is 3.61. The Hall–Kier alpha value is -1.79. The minimum absolute atomic E-state index is 0.00396. The Morgan fingerprint density at radius 1 is 1.18 bits per heavy atom. The minimum Gasteiger partial charge on any atom is -0.289 e. The second-order valence-corrected chi connectivity index (χ2v) is 5.06. The average molecular weight is 252 g/mol. The number of Topliss-reactive ketones (excluding diaryl/α,β-unsaturated/α-hetero) is 1. The topological polar surface area (TPSA) is 88.5 Å². The van der Waals surface area contributed by atoms with Crippen LogP contribution < -0.4 is 0 Å². The van der Waals surface area contributed by atoms with Gasteiger partial charge in [0, 0.05) is 11.1 Å².